The Morgan fingerprint density at radius 1 is 1.15 bits per heavy atom. The number of fused-ring (bicyclic) bond motifs is 1. The molecule has 0 atom stereocenters. The second-order valence-corrected chi connectivity index (χ2v) is 11.0. The second kappa shape index (κ2) is 11.6. The summed E-state index contributed by atoms with van der Waals surface area (Å²) in [6.45, 7) is 6.58. The smallest absolute Gasteiger partial charge is 0.303 e. The van der Waals surface area contributed by atoms with Crippen molar-refractivity contribution in [2.75, 3.05) is 31.1 Å². The van der Waals surface area contributed by atoms with Gasteiger partial charge in [-0.2, -0.15) is 0 Å². The average molecular weight is 535 g/mol. The van der Waals surface area contributed by atoms with Crippen LogP contribution in [-0.4, -0.2) is 64.9 Å². The molecule has 0 amide bonds. The van der Waals surface area contributed by atoms with Crippen LogP contribution in [0.2, 0.25) is 0 Å². The minimum absolute atomic E-state index is 0.0861. The lowest BCUT2D eigenvalue weighted by molar-refractivity contribution is -0.137. The normalized spacial score (nSPS) is 16.6. The number of carboxylic acid groups (broad SMARTS) is 1. The number of benzene rings is 1. The Morgan fingerprint density at radius 2 is 1.92 bits per heavy atom. The number of nitrogens with one attached hydrogen (secondary N) is 1. The second-order valence-electron chi connectivity index (χ2n) is 11.0. The molecule has 1 aromatic carbocycles. The van der Waals surface area contributed by atoms with Gasteiger partial charge in [-0.05, 0) is 70.6 Å². The number of ketones is 1. The Balaban J connectivity index is 1.37. The molecule has 39 heavy (non-hydrogen) atoms. The van der Waals surface area contributed by atoms with Gasteiger partial charge in [0.25, 0.3) is 0 Å². The van der Waals surface area contributed by atoms with Gasteiger partial charge in [0.2, 0.25) is 0 Å². The van der Waals surface area contributed by atoms with Crippen LogP contribution in [0.4, 0.5) is 5.69 Å². The van der Waals surface area contributed by atoms with E-state index in [1.807, 2.05) is 19.9 Å². The Hall–Kier alpha value is -3.62. The molecule has 9 nitrogen and oxygen atoms in total. The maximum absolute atomic E-state index is 13.6. The summed E-state index contributed by atoms with van der Waals surface area (Å²) in [7, 11) is 0. The third kappa shape index (κ3) is 6.34. The molecule has 2 N–H and O–H groups in total. The summed E-state index contributed by atoms with van der Waals surface area (Å²) in [5.74, 6) is 1.05. The molecule has 5 rings (SSSR count). The number of Topliss-reactive ketones (excluding diaryl/α,β-unsaturated/α-hetero) is 1. The Morgan fingerprint density at radius 3 is 2.62 bits per heavy atom. The van der Waals surface area contributed by atoms with Gasteiger partial charge in [-0.25, -0.2) is 4.98 Å². The van der Waals surface area contributed by atoms with Gasteiger partial charge in [-0.15, -0.1) is 0 Å². The molecule has 208 valence electrons. The van der Waals surface area contributed by atoms with Crippen molar-refractivity contribution in [1.29, 1.82) is 5.41 Å². The molecule has 2 aromatic rings. The number of nitrogens with zero attached hydrogens (tertiary/aromatic N) is 3. The number of hydrogen-bond donors (Lipinski definition) is 2. The topological polar surface area (TPSA) is 116 Å². The van der Waals surface area contributed by atoms with Crippen LogP contribution in [0.1, 0.15) is 92.0 Å². The van der Waals surface area contributed by atoms with Crippen molar-refractivity contribution < 1.29 is 24.2 Å². The van der Waals surface area contributed by atoms with E-state index in [0.29, 0.717) is 60.5 Å². The number of anilines is 1. The van der Waals surface area contributed by atoms with E-state index < -0.39 is 5.97 Å². The van der Waals surface area contributed by atoms with E-state index in [4.69, 9.17) is 25.0 Å². The first-order chi connectivity index (χ1) is 18.8. The molecule has 3 heterocycles. The molecule has 0 radical (unpaired) electrons. The molecule has 1 saturated heterocycles. The van der Waals surface area contributed by atoms with Gasteiger partial charge in [0.05, 0.1) is 24.9 Å². The van der Waals surface area contributed by atoms with Crippen LogP contribution in [0.25, 0.3) is 0 Å². The highest BCUT2D eigenvalue weighted by atomic mass is 16.5. The lowest BCUT2D eigenvalue weighted by Crippen LogP contribution is -2.30. The molecule has 2 fully saturated rings. The van der Waals surface area contributed by atoms with E-state index in [9.17, 15) is 9.59 Å². The molecule has 0 bridgehead atoms. The third-order valence-electron chi connectivity index (χ3n) is 7.43. The highest BCUT2D eigenvalue weighted by Crippen LogP contribution is 2.42. The van der Waals surface area contributed by atoms with Crippen molar-refractivity contribution in [1.82, 2.24) is 9.88 Å². The largest absolute Gasteiger partial charge is 0.488 e. The summed E-state index contributed by atoms with van der Waals surface area (Å²) in [5, 5.41) is 17.6. The van der Waals surface area contributed by atoms with Crippen LogP contribution in [0.3, 0.4) is 0 Å². The number of carboxylic acids is 1. The predicted molar refractivity (Wildman–Crippen MR) is 148 cm³/mol. The van der Waals surface area contributed by atoms with Crippen LogP contribution < -0.4 is 14.4 Å². The van der Waals surface area contributed by atoms with Crippen LogP contribution in [0, 0.1) is 5.41 Å². The van der Waals surface area contributed by atoms with Crippen LogP contribution >= 0.6 is 0 Å². The summed E-state index contributed by atoms with van der Waals surface area (Å²) in [4.78, 5) is 33.3. The molecular weight excluding hydrogens is 496 g/mol. The van der Waals surface area contributed by atoms with Crippen molar-refractivity contribution in [3.05, 3.63) is 46.8 Å². The lowest BCUT2D eigenvalue weighted by Gasteiger charge is -2.26. The number of rotatable bonds is 13. The van der Waals surface area contributed by atoms with Crippen molar-refractivity contribution in [3.8, 4) is 11.5 Å². The van der Waals surface area contributed by atoms with E-state index >= 15 is 0 Å². The summed E-state index contributed by atoms with van der Waals surface area (Å²) in [6, 6.07) is 7.76. The van der Waals surface area contributed by atoms with Crippen molar-refractivity contribution >= 4 is 23.3 Å². The number of ether oxygens (including phenoxy) is 2. The molecule has 1 aliphatic carbocycles. The number of hydrogen-bond acceptors (Lipinski definition) is 7. The fraction of sp³-hybridized carbons (Fsp3) is 0.533. The number of carbonyl (C=O) groups excluding carboxylic acids is 1. The lowest BCUT2D eigenvalue weighted by atomic mass is 10.1. The minimum Gasteiger partial charge on any atom is -0.488 e. The average Bonchev–Trinajstić information content (AvgIpc) is 3.51. The highest BCUT2D eigenvalue weighted by Gasteiger charge is 2.32. The maximum atomic E-state index is 13.6. The zero-order chi connectivity index (χ0) is 27.5. The monoisotopic (exact) mass is 534 g/mol. The SMILES string of the molecule is CC(C)Oc1cc(C(=O)CN2Cc3ccc(C4CC4)nc3C2=N)cc(N2CCCC2)c1OCCCCC(=O)O. The first-order valence-electron chi connectivity index (χ1n) is 14.1. The third-order valence-corrected chi connectivity index (χ3v) is 7.43. The van der Waals surface area contributed by atoms with E-state index in [1.54, 1.807) is 11.0 Å². The predicted octanol–water partition coefficient (Wildman–Crippen LogP) is 5.00. The van der Waals surface area contributed by atoms with E-state index in [0.717, 1.165) is 55.7 Å². The Kier molecular flexibility index (Phi) is 8.04. The zero-order valence-corrected chi connectivity index (χ0v) is 22.9. The summed E-state index contributed by atoms with van der Waals surface area (Å²) >= 11 is 0. The molecule has 1 saturated carbocycles. The highest BCUT2D eigenvalue weighted by molar-refractivity contribution is 6.05. The molecule has 3 aliphatic rings. The molecular formula is C30H38N4O5. The van der Waals surface area contributed by atoms with Crippen LogP contribution in [-0.2, 0) is 11.3 Å². The Bertz CT molecular complexity index is 1250. The summed E-state index contributed by atoms with van der Waals surface area (Å²) in [6.07, 6.45) is 5.58. The van der Waals surface area contributed by atoms with Crippen molar-refractivity contribution in [2.24, 2.45) is 0 Å². The van der Waals surface area contributed by atoms with Gasteiger partial charge in [0.1, 0.15) is 11.5 Å². The fourth-order valence-electron chi connectivity index (χ4n) is 5.26. The zero-order valence-electron chi connectivity index (χ0n) is 22.9. The molecule has 2 aliphatic heterocycles. The number of unbranched alkanes of at least 4 members (excludes halogenated alkanes) is 1. The van der Waals surface area contributed by atoms with Gasteiger partial charge >= 0.3 is 5.97 Å². The molecule has 0 unspecified atom stereocenters. The summed E-state index contributed by atoms with van der Waals surface area (Å²) in [5.41, 5.74) is 4.10. The van der Waals surface area contributed by atoms with Crippen molar-refractivity contribution in [2.45, 2.75) is 77.4 Å². The molecule has 9 heteroatoms. The first kappa shape index (κ1) is 27.0. The van der Waals surface area contributed by atoms with E-state index in [-0.39, 0.29) is 24.9 Å². The van der Waals surface area contributed by atoms with Crippen LogP contribution in [0.5, 0.6) is 11.5 Å². The minimum atomic E-state index is -0.812. The first-order valence-corrected chi connectivity index (χ1v) is 14.1. The van der Waals surface area contributed by atoms with Gasteiger partial charge < -0.3 is 24.4 Å². The summed E-state index contributed by atoms with van der Waals surface area (Å²) < 4.78 is 12.4. The van der Waals surface area contributed by atoms with E-state index in [2.05, 4.69) is 17.0 Å². The molecule has 0 spiro atoms. The number of amidine groups is 1. The number of carbonyl (C=O) groups is 2. The van der Waals surface area contributed by atoms with Gasteiger partial charge in [0.15, 0.2) is 17.3 Å². The van der Waals surface area contributed by atoms with Gasteiger partial charge in [0, 0.05) is 48.8 Å². The number of aromatic nitrogens is 1. The Labute approximate surface area is 229 Å². The number of pyridine rings is 1. The van der Waals surface area contributed by atoms with E-state index in [1.165, 1.54) is 0 Å². The fourth-order valence-corrected chi connectivity index (χ4v) is 5.26. The molecule has 1 aromatic heterocycles. The maximum Gasteiger partial charge on any atom is 0.303 e. The quantitative estimate of drug-likeness (QED) is 0.272. The van der Waals surface area contributed by atoms with Crippen LogP contribution in [0.15, 0.2) is 24.3 Å². The standard InChI is InChI=1S/C30H38N4O5/c1-19(2)39-26-16-22(15-24(33-12-4-5-13-33)29(26)38-14-6-3-7-27(36)37)25(35)18-34-17-21-10-11-23(20-8-9-20)32-28(21)30(34)31/h10-11,15-16,19-20,31H,3-9,12-14,17-18H2,1-2H3,(H,36,37). The van der Waals surface area contributed by atoms with Gasteiger partial charge in [-0.1, -0.05) is 6.07 Å². The van der Waals surface area contributed by atoms with Crippen molar-refractivity contribution in [3.63, 3.8) is 0 Å². The number of aliphatic carboxylic acids is 1. The van der Waals surface area contributed by atoms with Gasteiger partial charge in [-0.3, -0.25) is 15.0 Å².